The molecule has 1 unspecified atom stereocenters. The lowest BCUT2D eigenvalue weighted by Crippen LogP contribution is -2.28. The summed E-state index contributed by atoms with van der Waals surface area (Å²) >= 11 is 0. The average Bonchev–Trinajstić information content (AvgIpc) is 3.52. The molecule has 0 spiro atoms. The number of esters is 2. The van der Waals surface area contributed by atoms with E-state index in [0.717, 1.165) is 44.9 Å². The molecule has 5 heteroatoms. The van der Waals surface area contributed by atoms with Gasteiger partial charge >= 0.3 is 11.9 Å². The highest BCUT2D eigenvalue weighted by atomic mass is 16.6. The zero-order valence-electron chi connectivity index (χ0n) is 57.9. The second-order valence-corrected chi connectivity index (χ2v) is 26.8. The number of rotatable bonds is 74. The van der Waals surface area contributed by atoms with Gasteiger partial charge in [0.2, 0.25) is 0 Å². The Labute approximate surface area is 533 Å². The maximum Gasteiger partial charge on any atom is 0.306 e. The van der Waals surface area contributed by atoms with Crippen molar-refractivity contribution in [3.8, 4) is 0 Å². The third-order valence-electron chi connectivity index (χ3n) is 18.2. The quantitative estimate of drug-likeness (QED) is 0.0373. The molecule has 0 aliphatic heterocycles. The minimum atomic E-state index is -0.770. The summed E-state index contributed by atoms with van der Waals surface area (Å²) < 4.78 is 10.8. The minimum Gasteiger partial charge on any atom is -0.462 e. The normalized spacial score (nSPS) is 12.3. The van der Waals surface area contributed by atoms with Crippen LogP contribution in [0.3, 0.4) is 0 Å². The topological polar surface area (TPSA) is 72.8 Å². The second kappa shape index (κ2) is 76.4. The molecule has 1 atom stereocenters. The van der Waals surface area contributed by atoms with E-state index in [1.807, 2.05) is 0 Å². The minimum absolute atomic E-state index is 0.0589. The van der Waals surface area contributed by atoms with Crippen LogP contribution in [0.5, 0.6) is 0 Å². The number of allylic oxidation sites excluding steroid dienone is 6. The zero-order valence-corrected chi connectivity index (χ0v) is 57.9. The van der Waals surface area contributed by atoms with E-state index in [9.17, 15) is 14.7 Å². The molecule has 0 heterocycles. The Bertz CT molecular complexity index is 1350. The van der Waals surface area contributed by atoms with Gasteiger partial charge in [-0.05, 0) is 51.4 Å². The zero-order chi connectivity index (χ0) is 61.2. The van der Waals surface area contributed by atoms with Gasteiger partial charge in [-0.1, -0.05) is 416 Å². The van der Waals surface area contributed by atoms with E-state index in [-0.39, 0.29) is 25.2 Å². The van der Waals surface area contributed by atoms with Crippen LogP contribution in [-0.4, -0.2) is 36.4 Å². The van der Waals surface area contributed by atoms with Gasteiger partial charge in [0, 0.05) is 12.8 Å². The molecule has 0 aromatic heterocycles. The van der Waals surface area contributed by atoms with Crippen LogP contribution in [0.1, 0.15) is 444 Å². The Morgan fingerprint density at radius 2 is 0.471 bits per heavy atom. The van der Waals surface area contributed by atoms with Gasteiger partial charge in [0.15, 0.2) is 6.10 Å². The number of hydrogen-bond acceptors (Lipinski definition) is 5. The molecule has 502 valence electrons. The van der Waals surface area contributed by atoms with Crippen LogP contribution in [0.25, 0.3) is 0 Å². The van der Waals surface area contributed by atoms with E-state index in [2.05, 4.69) is 50.3 Å². The molecule has 0 bridgehead atoms. The number of aliphatic hydroxyl groups is 1. The van der Waals surface area contributed by atoms with Gasteiger partial charge in [-0.2, -0.15) is 0 Å². The van der Waals surface area contributed by atoms with Gasteiger partial charge in [0.05, 0.1) is 6.61 Å². The van der Waals surface area contributed by atoms with E-state index < -0.39 is 6.10 Å². The average molecular weight is 1190 g/mol. The summed E-state index contributed by atoms with van der Waals surface area (Å²) in [6.07, 6.45) is 102. The number of aliphatic hydroxyl groups excluding tert-OH is 1. The van der Waals surface area contributed by atoms with Crippen molar-refractivity contribution >= 4 is 11.9 Å². The Hall–Kier alpha value is -1.88. The lowest BCUT2D eigenvalue weighted by Gasteiger charge is -2.15. The van der Waals surface area contributed by atoms with Crippen molar-refractivity contribution in [3.63, 3.8) is 0 Å². The first kappa shape index (κ1) is 83.1. The fourth-order valence-corrected chi connectivity index (χ4v) is 12.3. The molecule has 0 amide bonds. The van der Waals surface area contributed by atoms with Crippen molar-refractivity contribution in [2.75, 3.05) is 13.2 Å². The molecule has 0 radical (unpaired) electrons. The summed E-state index contributed by atoms with van der Waals surface area (Å²) in [4.78, 5) is 24.7. The van der Waals surface area contributed by atoms with Gasteiger partial charge in [0.1, 0.15) is 6.61 Å². The summed E-state index contributed by atoms with van der Waals surface area (Å²) in [6.45, 7) is 4.20. The van der Waals surface area contributed by atoms with E-state index in [1.165, 1.54) is 372 Å². The van der Waals surface area contributed by atoms with Crippen LogP contribution in [0.2, 0.25) is 0 Å². The summed E-state index contributed by atoms with van der Waals surface area (Å²) in [5.41, 5.74) is 0. The lowest BCUT2D eigenvalue weighted by molar-refractivity contribution is -0.161. The van der Waals surface area contributed by atoms with Crippen molar-refractivity contribution in [2.24, 2.45) is 0 Å². The molecule has 0 aromatic rings. The van der Waals surface area contributed by atoms with Gasteiger partial charge in [-0.15, -0.1) is 0 Å². The number of ether oxygens (including phenoxy) is 2. The van der Waals surface area contributed by atoms with Gasteiger partial charge in [-0.25, -0.2) is 0 Å². The molecule has 0 aliphatic rings. The van der Waals surface area contributed by atoms with Crippen LogP contribution in [0, 0.1) is 0 Å². The molecule has 0 rings (SSSR count). The van der Waals surface area contributed by atoms with Gasteiger partial charge < -0.3 is 14.6 Å². The maximum absolute atomic E-state index is 12.4. The third kappa shape index (κ3) is 74.5. The van der Waals surface area contributed by atoms with Gasteiger partial charge in [-0.3, -0.25) is 9.59 Å². The summed E-state index contributed by atoms with van der Waals surface area (Å²) in [6, 6.07) is 0. The van der Waals surface area contributed by atoms with Crippen LogP contribution < -0.4 is 0 Å². The third-order valence-corrected chi connectivity index (χ3v) is 18.2. The molecular formula is C80H152O5. The molecule has 0 saturated heterocycles. The van der Waals surface area contributed by atoms with Crippen molar-refractivity contribution in [3.05, 3.63) is 36.5 Å². The SMILES string of the molecule is CCCCCCC/C=C\C/C=C\C/C=C\CCCCCCCCCCCCCCCCCCCCC(=O)OC(CO)COC(=O)CCCCCCCCCCCCCCCCCCCCCCCCCCCCCCCCCCCCCCCC. The summed E-state index contributed by atoms with van der Waals surface area (Å²) in [5, 5.41) is 9.72. The smallest absolute Gasteiger partial charge is 0.306 e. The lowest BCUT2D eigenvalue weighted by atomic mass is 10.0. The fraction of sp³-hybridized carbons (Fsp3) is 0.900. The summed E-state index contributed by atoms with van der Waals surface area (Å²) in [5.74, 6) is -0.563. The van der Waals surface area contributed by atoms with E-state index in [0.29, 0.717) is 12.8 Å². The molecule has 0 aromatic carbocycles. The number of carbonyl (C=O) groups is 2. The van der Waals surface area contributed by atoms with Gasteiger partial charge in [0.25, 0.3) is 0 Å². The number of unbranched alkanes of at least 4 members (excludes halogenated alkanes) is 60. The van der Waals surface area contributed by atoms with E-state index in [4.69, 9.17) is 9.47 Å². The molecule has 0 saturated carbocycles. The van der Waals surface area contributed by atoms with Crippen molar-refractivity contribution in [2.45, 2.75) is 450 Å². The van der Waals surface area contributed by atoms with Crippen LogP contribution in [-0.2, 0) is 19.1 Å². The van der Waals surface area contributed by atoms with E-state index in [1.54, 1.807) is 0 Å². The molecule has 0 aliphatic carbocycles. The standard InChI is InChI=1S/C80H152O5/c1-3-5-7-9-11-13-15-17-19-21-23-25-27-29-31-33-35-37-38-39-40-41-43-44-46-48-50-52-54-56-58-60-62-64-66-68-70-72-74-79(82)84-77-78(76-81)85-80(83)75-73-71-69-67-65-63-61-59-57-55-53-51-49-47-45-42-36-34-32-30-28-26-24-22-20-18-16-14-12-10-8-6-4-2/h16,18,22,24,28,30,78,81H,3-15,17,19-21,23,25-27,29,31-77H2,1-2H3/b18-16-,24-22-,30-28-. The summed E-state index contributed by atoms with van der Waals surface area (Å²) in [7, 11) is 0. The van der Waals surface area contributed by atoms with Crippen LogP contribution >= 0.6 is 0 Å². The maximum atomic E-state index is 12.4. The second-order valence-electron chi connectivity index (χ2n) is 26.8. The fourth-order valence-electron chi connectivity index (χ4n) is 12.3. The molecular weight excluding hydrogens is 1040 g/mol. The van der Waals surface area contributed by atoms with E-state index >= 15 is 0 Å². The number of hydrogen-bond donors (Lipinski definition) is 1. The molecule has 0 fully saturated rings. The number of carbonyl (C=O) groups excluding carboxylic acids is 2. The first-order valence-electron chi connectivity index (χ1n) is 39.0. The highest BCUT2D eigenvalue weighted by Crippen LogP contribution is 2.20. The molecule has 85 heavy (non-hydrogen) atoms. The Morgan fingerprint density at radius 3 is 0.706 bits per heavy atom. The first-order valence-corrected chi connectivity index (χ1v) is 39.0. The van der Waals surface area contributed by atoms with Crippen molar-refractivity contribution in [1.82, 2.24) is 0 Å². The van der Waals surface area contributed by atoms with Crippen LogP contribution in [0.4, 0.5) is 0 Å². The highest BCUT2D eigenvalue weighted by Gasteiger charge is 2.16. The van der Waals surface area contributed by atoms with Crippen molar-refractivity contribution < 1.29 is 24.2 Å². The van der Waals surface area contributed by atoms with Crippen molar-refractivity contribution in [1.29, 1.82) is 0 Å². The Kier molecular flexibility index (Phi) is 74.7. The first-order chi connectivity index (χ1) is 42.1. The Morgan fingerprint density at radius 1 is 0.271 bits per heavy atom. The Balaban J connectivity index is 3.36. The largest absolute Gasteiger partial charge is 0.462 e. The molecule has 1 N–H and O–H groups in total. The van der Waals surface area contributed by atoms with Crippen LogP contribution in [0.15, 0.2) is 36.5 Å². The highest BCUT2D eigenvalue weighted by molar-refractivity contribution is 5.70. The molecule has 5 nitrogen and oxygen atoms in total. The monoisotopic (exact) mass is 1190 g/mol. The predicted molar refractivity (Wildman–Crippen MR) is 376 cm³/mol. The predicted octanol–water partition coefficient (Wildman–Crippen LogP) is 27.3.